The first-order valence-electron chi connectivity index (χ1n) is 4.71. The van der Waals surface area contributed by atoms with E-state index in [9.17, 15) is 4.79 Å². The minimum absolute atomic E-state index is 0.309. The summed E-state index contributed by atoms with van der Waals surface area (Å²) in [6.07, 6.45) is 4.29. The summed E-state index contributed by atoms with van der Waals surface area (Å²) in [4.78, 5) is 12.7. The maximum absolute atomic E-state index is 10.3. The summed E-state index contributed by atoms with van der Waals surface area (Å²) >= 11 is 0. The Morgan fingerprint density at radius 1 is 1.50 bits per heavy atom. The third kappa shape index (κ3) is 1.46. The van der Waals surface area contributed by atoms with Gasteiger partial charge in [-0.05, 0) is 25.2 Å². The highest BCUT2D eigenvalue weighted by Gasteiger charge is 2.37. The maximum atomic E-state index is 10.3. The number of piperidine rings is 1. The van der Waals surface area contributed by atoms with Crippen molar-refractivity contribution in [2.75, 3.05) is 13.1 Å². The molecule has 1 N–H and O–H groups in total. The zero-order valence-corrected chi connectivity index (χ0v) is 7.20. The van der Waals surface area contributed by atoms with Crippen molar-refractivity contribution in [3.05, 3.63) is 0 Å². The van der Waals surface area contributed by atoms with Crippen LogP contribution in [0.5, 0.6) is 0 Å². The molecule has 3 nitrogen and oxygen atoms in total. The minimum atomic E-state index is -0.669. The normalized spacial score (nSPS) is 34.3. The van der Waals surface area contributed by atoms with Gasteiger partial charge in [0.1, 0.15) is 0 Å². The largest absolute Gasteiger partial charge is 0.481 e. The number of carboxylic acid groups (broad SMARTS) is 1. The van der Waals surface area contributed by atoms with Gasteiger partial charge in [0.25, 0.3) is 0 Å². The molecule has 0 aromatic carbocycles. The van der Waals surface area contributed by atoms with E-state index in [1.165, 1.54) is 19.3 Å². The molecule has 1 aliphatic heterocycles. The number of fused-ring (bicyclic) bond motifs is 2. The van der Waals surface area contributed by atoms with Crippen LogP contribution in [0.25, 0.3) is 0 Å². The molecule has 2 aliphatic rings. The lowest BCUT2D eigenvalue weighted by Gasteiger charge is -2.25. The Labute approximate surface area is 72.4 Å². The van der Waals surface area contributed by atoms with E-state index < -0.39 is 5.97 Å². The summed E-state index contributed by atoms with van der Waals surface area (Å²) in [6, 6.07) is 0.717. The first-order chi connectivity index (χ1) is 5.75. The smallest absolute Gasteiger partial charge is 0.304 e. The van der Waals surface area contributed by atoms with Crippen molar-refractivity contribution >= 4 is 5.97 Å². The SMILES string of the molecule is O=C(O)CCN1C[C@H]2CCC1C2. The molecule has 1 unspecified atom stereocenters. The Morgan fingerprint density at radius 2 is 2.33 bits per heavy atom. The summed E-state index contributed by atoms with van der Waals surface area (Å²) < 4.78 is 0. The third-order valence-corrected chi connectivity index (χ3v) is 3.14. The molecule has 1 saturated carbocycles. The molecule has 1 heterocycles. The Balaban J connectivity index is 1.79. The lowest BCUT2D eigenvalue weighted by molar-refractivity contribution is -0.137. The van der Waals surface area contributed by atoms with Gasteiger partial charge in [-0.25, -0.2) is 0 Å². The van der Waals surface area contributed by atoms with Crippen molar-refractivity contribution in [2.24, 2.45) is 5.92 Å². The van der Waals surface area contributed by atoms with Gasteiger partial charge in [0, 0.05) is 19.1 Å². The van der Waals surface area contributed by atoms with Gasteiger partial charge in [0.2, 0.25) is 0 Å². The fourth-order valence-electron chi connectivity index (χ4n) is 2.54. The van der Waals surface area contributed by atoms with Gasteiger partial charge in [-0.3, -0.25) is 9.69 Å². The molecule has 0 spiro atoms. The molecule has 68 valence electrons. The first kappa shape index (κ1) is 8.05. The summed E-state index contributed by atoms with van der Waals surface area (Å²) in [6.45, 7) is 1.91. The van der Waals surface area contributed by atoms with E-state index in [4.69, 9.17) is 5.11 Å². The van der Waals surface area contributed by atoms with Crippen LogP contribution < -0.4 is 0 Å². The molecule has 2 fully saturated rings. The Hall–Kier alpha value is -0.570. The van der Waals surface area contributed by atoms with Crippen molar-refractivity contribution < 1.29 is 9.90 Å². The molecule has 0 radical (unpaired) electrons. The zero-order chi connectivity index (χ0) is 8.55. The second kappa shape index (κ2) is 3.05. The minimum Gasteiger partial charge on any atom is -0.481 e. The highest BCUT2D eigenvalue weighted by molar-refractivity contribution is 5.66. The summed E-state index contributed by atoms with van der Waals surface area (Å²) in [7, 11) is 0. The average Bonchev–Trinajstić information content (AvgIpc) is 2.60. The van der Waals surface area contributed by atoms with Gasteiger partial charge in [-0.1, -0.05) is 0 Å². The van der Waals surface area contributed by atoms with E-state index in [0.29, 0.717) is 12.5 Å². The van der Waals surface area contributed by atoms with E-state index in [2.05, 4.69) is 4.90 Å². The predicted molar refractivity (Wildman–Crippen MR) is 45.0 cm³/mol. The van der Waals surface area contributed by atoms with E-state index in [1.807, 2.05) is 0 Å². The third-order valence-electron chi connectivity index (χ3n) is 3.14. The summed E-state index contributed by atoms with van der Waals surface area (Å²) in [5.74, 6) is 0.210. The topological polar surface area (TPSA) is 40.5 Å². The van der Waals surface area contributed by atoms with Crippen LogP contribution in [-0.2, 0) is 4.79 Å². The number of hydrogen-bond donors (Lipinski definition) is 1. The molecule has 0 aromatic rings. The molecule has 0 amide bonds. The van der Waals surface area contributed by atoms with Crippen LogP contribution in [0, 0.1) is 5.92 Å². The van der Waals surface area contributed by atoms with Crippen LogP contribution >= 0.6 is 0 Å². The molecular weight excluding hydrogens is 154 g/mol. The number of rotatable bonds is 3. The van der Waals surface area contributed by atoms with Crippen LogP contribution in [0.3, 0.4) is 0 Å². The molecule has 0 aromatic heterocycles. The molecular formula is C9H15NO2. The van der Waals surface area contributed by atoms with Crippen molar-refractivity contribution in [1.29, 1.82) is 0 Å². The highest BCUT2D eigenvalue weighted by Crippen LogP contribution is 2.37. The molecule has 1 saturated heterocycles. The fourth-order valence-corrected chi connectivity index (χ4v) is 2.54. The summed E-state index contributed by atoms with van der Waals surface area (Å²) in [5.41, 5.74) is 0. The lowest BCUT2D eigenvalue weighted by atomic mass is 10.1. The van der Waals surface area contributed by atoms with Gasteiger partial charge in [0.15, 0.2) is 0 Å². The highest BCUT2D eigenvalue weighted by atomic mass is 16.4. The second-order valence-corrected chi connectivity index (χ2v) is 3.97. The Bertz CT molecular complexity index is 193. The molecule has 2 atom stereocenters. The van der Waals surface area contributed by atoms with E-state index in [0.717, 1.165) is 19.0 Å². The van der Waals surface area contributed by atoms with Crippen molar-refractivity contribution in [2.45, 2.75) is 31.7 Å². The van der Waals surface area contributed by atoms with E-state index >= 15 is 0 Å². The van der Waals surface area contributed by atoms with Crippen LogP contribution in [0.2, 0.25) is 0 Å². The van der Waals surface area contributed by atoms with Crippen LogP contribution in [0.15, 0.2) is 0 Å². The number of carboxylic acids is 1. The fraction of sp³-hybridized carbons (Fsp3) is 0.889. The quantitative estimate of drug-likeness (QED) is 0.683. The Morgan fingerprint density at radius 3 is 2.83 bits per heavy atom. The number of nitrogens with zero attached hydrogens (tertiary/aromatic N) is 1. The average molecular weight is 169 g/mol. The van der Waals surface area contributed by atoms with Crippen molar-refractivity contribution in [3.8, 4) is 0 Å². The van der Waals surface area contributed by atoms with Crippen LogP contribution in [0.1, 0.15) is 25.7 Å². The van der Waals surface area contributed by atoms with Gasteiger partial charge < -0.3 is 5.11 Å². The first-order valence-corrected chi connectivity index (χ1v) is 4.71. The van der Waals surface area contributed by atoms with Gasteiger partial charge in [-0.15, -0.1) is 0 Å². The number of carbonyl (C=O) groups is 1. The molecule has 12 heavy (non-hydrogen) atoms. The number of aliphatic carboxylic acids is 1. The maximum Gasteiger partial charge on any atom is 0.304 e. The Kier molecular flexibility index (Phi) is 2.05. The monoisotopic (exact) mass is 169 g/mol. The molecule has 2 rings (SSSR count). The molecule has 2 bridgehead atoms. The number of likely N-dealkylation sites (tertiary alicyclic amines) is 1. The van der Waals surface area contributed by atoms with Crippen molar-refractivity contribution in [3.63, 3.8) is 0 Å². The lowest BCUT2D eigenvalue weighted by Crippen LogP contribution is -2.33. The molecule has 1 aliphatic carbocycles. The van der Waals surface area contributed by atoms with E-state index in [-0.39, 0.29) is 0 Å². The van der Waals surface area contributed by atoms with Gasteiger partial charge >= 0.3 is 5.97 Å². The van der Waals surface area contributed by atoms with Crippen LogP contribution in [0.4, 0.5) is 0 Å². The van der Waals surface area contributed by atoms with E-state index in [1.54, 1.807) is 0 Å². The summed E-state index contributed by atoms with van der Waals surface area (Å²) in [5, 5.41) is 8.52. The standard InChI is InChI=1S/C9H15NO2/c11-9(12)3-4-10-6-7-1-2-8(10)5-7/h7-8H,1-6H2,(H,11,12)/t7-,8?/m0/s1. The number of hydrogen-bond acceptors (Lipinski definition) is 2. The van der Waals surface area contributed by atoms with Crippen molar-refractivity contribution in [1.82, 2.24) is 4.90 Å². The molecule has 3 heteroatoms. The zero-order valence-electron chi connectivity index (χ0n) is 7.20. The van der Waals surface area contributed by atoms with Gasteiger partial charge in [0.05, 0.1) is 6.42 Å². The van der Waals surface area contributed by atoms with Crippen LogP contribution in [-0.4, -0.2) is 35.1 Å². The van der Waals surface area contributed by atoms with Gasteiger partial charge in [-0.2, -0.15) is 0 Å². The predicted octanol–water partition coefficient (Wildman–Crippen LogP) is 0.945. The second-order valence-electron chi connectivity index (χ2n) is 3.97.